The molecule has 1 aromatic rings. The number of nitrogens with zero attached hydrogens (tertiary/aromatic N) is 1. The monoisotopic (exact) mass is 284 g/mol. The van der Waals surface area contributed by atoms with Crippen LogP contribution in [0.2, 0.25) is 0 Å². The highest BCUT2D eigenvalue weighted by molar-refractivity contribution is 7.89. The molecule has 19 heavy (non-hydrogen) atoms. The van der Waals surface area contributed by atoms with Gasteiger partial charge in [-0.2, -0.15) is 5.26 Å². The normalized spacial score (nSPS) is 11.5. The van der Waals surface area contributed by atoms with Crippen LogP contribution in [0.25, 0.3) is 0 Å². The Bertz CT molecular complexity index is 577. The van der Waals surface area contributed by atoms with E-state index in [1.54, 1.807) is 0 Å². The molecule has 0 atom stereocenters. The number of halogens is 1. The molecule has 0 fully saturated rings. The highest BCUT2D eigenvalue weighted by Crippen LogP contribution is 2.10. The Labute approximate surface area is 113 Å². The molecule has 0 amide bonds. The van der Waals surface area contributed by atoms with Gasteiger partial charge in [-0.1, -0.05) is 19.9 Å². The van der Waals surface area contributed by atoms with Crippen LogP contribution < -0.4 is 4.72 Å². The molecule has 0 aliphatic rings. The minimum Gasteiger partial charge on any atom is -0.212 e. The number of benzene rings is 1. The molecule has 0 aliphatic heterocycles. The average Bonchev–Trinajstić information content (AvgIpc) is 2.35. The van der Waals surface area contributed by atoms with Gasteiger partial charge in [-0.05, 0) is 24.5 Å². The molecule has 1 aromatic carbocycles. The van der Waals surface area contributed by atoms with Crippen LogP contribution in [-0.4, -0.2) is 14.2 Å². The summed E-state index contributed by atoms with van der Waals surface area (Å²) in [7, 11) is -3.39. The molecule has 1 N–H and O–H groups in total. The Kier molecular flexibility index (Phi) is 5.45. The van der Waals surface area contributed by atoms with Crippen LogP contribution in [0.5, 0.6) is 0 Å². The smallest absolute Gasteiger partial charge is 0.211 e. The van der Waals surface area contributed by atoms with E-state index in [0.29, 0.717) is 12.3 Å². The summed E-state index contributed by atoms with van der Waals surface area (Å²) >= 11 is 0. The van der Waals surface area contributed by atoms with E-state index in [1.807, 2.05) is 19.9 Å². The molecule has 0 heterocycles. The number of hydrogen-bond acceptors (Lipinski definition) is 3. The van der Waals surface area contributed by atoms with E-state index < -0.39 is 15.8 Å². The Morgan fingerprint density at radius 2 is 2.11 bits per heavy atom. The predicted octanol–water partition coefficient (Wildman–Crippen LogP) is 2.16. The fraction of sp³-hybridized carbons (Fsp3) is 0.462. The van der Waals surface area contributed by atoms with E-state index in [1.165, 1.54) is 12.1 Å². The van der Waals surface area contributed by atoms with Crippen molar-refractivity contribution in [2.24, 2.45) is 5.92 Å². The molecule has 4 nitrogen and oxygen atoms in total. The van der Waals surface area contributed by atoms with Crippen molar-refractivity contribution in [2.75, 3.05) is 5.75 Å². The van der Waals surface area contributed by atoms with Gasteiger partial charge in [-0.25, -0.2) is 17.5 Å². The quantitative estimate of drug-likeness (QED) is 0.870. The second-order valence-corrected chi connectivity index (χ2v) is 6.67. The van der Waals surface area contributed by atoms with Crippen LogP contribution in [0.4, 0.5) is 4.39 Å². The minimum atomic E-state index is -3.39. The van der Waals surface area contributed by atoms with Crippen molar-refractivity contribution in [3.05, 3.63) is 35.1 Å². The zero-order valence-electron chi connectivity index (χ0n) is 11.0. The first-order valence-electron chi connectivity index (χ1n) is 6.00. The van der Waals surface area contributed by atoms with Gasteiger partial charge in [0, 0.05) is 12.1 Å². The van der Waals surface area contributed by atoms with Crippen molar-refractivity contribution in [1.29, 1.82) is 5.26 Å². The highest BCUT2D eigenvalue weighted by atomic mass is 32.2. The number of nitriles is 1. The number of nitrogens with one attached hydrogen (secondary N) is 1. The molecule has 0 aliphatic carbocycles. The van der Waals surface area contributed by atoms with Crippen molar-refractivity contribution in [3.63, 3.8) is 0 Å². The van der Waals surface area contributed by atoms with Gasteiger partial charge in [0.1, 0.15) is 5.82 Å². The lowest BCUT2D eigenvalue weighted by molar-refractivity contribution is 0.557. The average molecular weight is 284 g/mol. The molecule has 0 radical (unpaired) electrons. The Hall–Kier alpha value is -1.45. The van der Waals surface area contributed by atoms with Crippen LogP contribution in [0.15, 0.2) is 18.2 Å². The summed E-state index contributed by atoms with van der Waals surface area (Å²) < 4.78 is 39.2. The number of sulfonamides is 1. The summed E-state index contributed by atoms with van der Waals surface area (Å²) in [6.45, 7) is 3.78. The van der Waals surface area contributed by atoms with Crippen LogP contribution in [0.1, 0.15) is 31.4 Å². The van der Waals surface area contributed by atoms with E-state index in [9.17, 15) is 12.8 Å². The number of rotatable bonds is 6. The summed E-state index contributed by atoms with van der Waals surface area (Å²) in [5.74, 6) is -0.253. The molecule has 0 saturated carbocycles. The molecular formula is C13H17FN2O2S. The van der Waals surface area contributed by atoms with Gasteiger partial charge in [0.05, 0.1) is 17.4 Å². The van der Waals surface area contributed by atoms with E-state index in [4.69, 9.17) is 5.26 Å². The molecule has 0 unspecified atom stereocenters. The van der Waals surface area contributed by atoms with Crippen molar-refractivity contribution >= 4 is 10.0 Å². The van der Waals surface area contributed by atoms with E-state index in [-0.39, 0.29) is 23.4 Å². The van der Waals surface area contributed by atoms with Crippen molar-refractivity contribution in [2.45, 2.75) is 26.8 Å². The SMILES string of the molecule is CC(C)CCS(=O)(=O)NCc1ccc(C#N)cc1F. The van der Waals surface area contributed by atoms with Gasteiger partial charge in [-0.15, -0.1) is 0 Å². The molecule has 6 heteroatoms. The maximum atomic E-state index is 13.5. The highest BCUT2D eigenvalue weighted by Gasteiger charge is 2.12. The van der Waals surface area contributed by atoms with Gasteiger partial charge >= 0.3 is 0 Å². The first kappa shape index (κ1) is 15.6. The summed E-state index contributed by atoms with van der Waals surface area (Å²) in [5, 5.41) is 8.61. The Morgan fingerprint density at radius 3 is 2.63 bits per heavy atom. The molecule has 0 saturated heterocycles. The third-order valence-corrected chi connectivity index (χ3v) is 3.99. The molecular weight excluding hydrogens is 267 g/mol. The standard InChI is InChI=1S/C13H17FN2O2S/c1-10(2)5-6-19(17,18)16-9-12-4-3-11(8-15)7-13(12)14/h3-4,7,10,16H,5-6,9H2,1-2H3. The van der Waals surface area contributed by atoms with Crippen LogP contribution in [0.3, 0.4) is 0 Å². The molecule has 0 bridgehead atoms. The maximum Gasteiger partial charge on any atom is 0.211 e. The van der Waals surface area contributed by atoms with E-state index >= 15 is 0 Å². The van der Waals surface area contributed by atoms with Gasteiger partial charge in [-0.3, -0.25) is 0 Å². The Morgan fingerprint density at radius 1 is 1.42 bits per heavy atom. The van der Waals surface area contributed by atoms with Gasteiger partial charge < -0.3 is 0 Å². The first-order valence-corrected chi connectivity index (χ1v) is 7.65. The molecule has 1 rings (SSSR count). The van der Waals surface area contributed by atoms with E-state index in [2.05, 4.69) is 4.72 Å². The summed E-state index contributed by atoms with van der Waals surface area (Å²) in [4.78, 5) is 0. The topological polar surface area (TPSA) is 70.0 Å². The number of hydrogen-bond donors (Lipinski definition) is 1. The van der Waals surface area contributed by atoms with Crippen molar-refractivity contribution < 1.29 is 12.8 Å². The van der Waals surface area contributed by atoms with E-state index in [0.717, 1.165) is 6.07 Å². The van der Waals surface area contributed by atoms with Crippen LogP contribution in [0, 0.1) is 23.1 Å². The minimum absolute atomic E-state index is 0.0303. The predicted molar refractivity (Wildman–Crippen MR) is 71.2 cm³/mol. The third-order valence-electron chi connectivity index (χ3n) is 2.63. The zero-order valence-corrected chi connectivity index (χ0v) is 11.8. The summed E-state index contributed by atoms with van der Waals surface area (Å²) in [6.07, 6.45) is 0.561. The third kappa shape index (κ3) is 5.37. The Balaban J connectivity index is 2.64. The first-order chi connectivity index (χ1) is 8.84. The van der Waals surface area contributed by atoms with Gasteiger partial charge in [0.15, 0.2) is 0 Å². The van der Waals surface area contributed by atoms with Crippen LogP contribution >= 0.6 is 0 Å². The molecule has 0 spiro atoms. The van der Waals surface area contributed by atoms with Gasteiger partial charge in [0.2, 0.25) is 10.0 Å². The van der Waals surface area contributed by atoms with Gasteiger partial charge in [0.25, 0.3) is 0 Å². The fourth-order valence-corrected chi connectivity index (χ4v) is 2.71. The maximum absolute atomic E-state index is 13.5. The lowest BCUT2D eigenvalue weighted by Crippen LogP contribution is -2.27. The van der Waals surface area contributed by atoms with Crippen molar-refractivity contribution in [3.8, 4) is 6.07 Å². The second-order valence-electron chi connectivity index (χ2n) is 4.74. The van der Waals surface area contributed by atoms with Crippen molar-refractivity contribution in [1.82, 2.24) is 4.72 Å². The summed E-state index contributed by atoms with van der Waals surface area (Å²) in [6, 6.07) is 5.79. The molecule has 104 valence electrons. The zero-order chi connectivity index (χ0) is 14.5. The van der Waals surface area contributed by atoms with Crippen LogP contribution in [-0.2, 0) is 16.6 Å². The largest absolute Gasteiger partial charge is 0.212 e. The molecule has 0 aromatic heterocycles. The summed E-state index contributed by atoms with van der Waals surface area (Å²) in [5.41, 5.74) is 0.441. The second kappa shape index (κ2) is 6.64. The lowest BCUT2D eigenvalue weighted by atomic mass is 10.1. The lowest BCUT2D eigenvalue weighted by Gasteiger charge is -2.09. The fourth-order valence-electron chi connectivity index (χ4n) is 1.41.